The van der Waals surface area contributed by atoms with Gasteiger partial charge < -0.3 is 0 Å². The number of hydrogen-bond donors (Lipinski definition) is 0. The molecular formula is C29H49N2+. The molecular weight excluding hydrogens is 376 g/mol. The van der Waals surface area contributed by atoms with E-state index in [4.69, 9.17) is 0 Å². The normalized spacial score (nSPS) is 11.5. The Morgan fingerprint density at radius 3 is 1.74 bits per heavy atom. The van der Waals surface area contributed by atoms with Crippen LogP contribution >= 0.6 is 0 Å². The highest BCUT2D eigenvalue weighted by atomic mass is 15.1. The topological polar surface area (TPSA) is 8.81 Å². The van der Waals surface area contributed by atoms with Crippen LogP contribution in [0.25, 0.3) is 0 Å². The highest BCUT2D eigenvalue weighted by Crippen LogP contribution is 2.15. The van der Waals surface area contributed by atoms with Crippen LogP contribution in [-0.2, 0) is 13.1 Å². The summed E-state index contributed by atoms with van der Waals surface area (Å²) in [5.41, 5.74) is 1.38. The summed E-state index contributed by atoms with van der Waals surface area (Å²) in [6, 6.07) is 10.8. The lowest BCUT2D eigenvalue weighted by Crippen LogP contribution is -2.38. The summed E-state index contributed by atoms with van der Waals surface area (Å²) in [7, 11) is 0. The number of rotatable bonds is 18. The van der Waals surface area contributed by atoms with E-state index in [1.165, 1.54) is 101 Å². The fourth-order valence-corrected chi connectivity index (χ4v) is 4.72. The molecule has 2 aromatic rings. The van der Waals surface area contributed by atoms with Gasteiger partial charge in [-0.1, -0.05) is 128 Å². The number of imidazole rings is 1. The van der Waals surface area contributed by atoms with Crippen LogP contribution < -0.4 is 4.57 Å². The minimum atomic E-state index is 0.547. The van der Waals surface area contributed by atoms with Crippen molar-refractivity contribution >= 4 is 0 Å². The zero-order valence-electron chi connectivity index (χ0n) is 20.8. The van der Waals surface area contributed by atoms with Crippen LogP contribution in [0, 0.1) is 0 Å². The molecule has 0 bridgehead atoms. The molecule has 2 rings (SSSR count). The maximum absolute atomic E-state index is 2.49. The molecule has 0 spiro atoms. The summed E-state index contributed by atoms with van der Waals surface area (Å²) in [5.74, 6) is 2.00. The zero-order chi connectivity index (χ0) is 22.2. The molecule has 0 aliphatic carbocycles. The van der Waals surface area contributed by atoms with Crippen molar-refractivity contribution in [3.63, 3.8) is 0 Å². The smallest absolute Gasteiger partial charge is 0.234 e. The fraction of sp³-hybridized carbons (Fsp3) is 0.690. The minimum Gasteiger partial charge on any atom is -0.234 e. The lowest BCUT2D eigenvalue weighted by atomic mass is 10.0. The van der Waals surface area contributed by atoms with Crippen molar-refractivity contribution in [1.82, 2.24) is 4.57 Å². The summed E-state index contributed by atoms with van der Waals surface area (Å²) in [6.07, 6.45) is 24.5. The molecule has 0 amide bonds. The monoisotopic (exact) mass is 425 g/mol. The van der Waals surface area contributed by atoms with Crippen LogP contribution in [0.3, 0.4) is 0 Å². The van der Waals surface area contributed by atoms with Crippen LogP contribution in [0.1, 0.15) is 128 Å². The van der Waals surface area contributed by atoms with E-state index in [1.54, 1.807) is 0 Å². The van der Waals surface area contributed by atoms with Crippen molar-refractivity contribution in [1.29, 1.82) is 0 Å². The second-order valence-electron chi connectivity index (χ2n) is 9.71. The van der Waals surface area contributed by atoms with Crippen LogP contribution in [0.4, 0.5) is 0 Å². The third kappa shape index (κ3) is 10.5. The summed E-state index contributed by atoms with van der Waals surface area (Å²) >= 11 is 0. The molecule has 0 aliphatic heterocycles. The third-order valence-corrected chi connectivity index (χ3v) is 6.48. The predicted octanol–water partition coefficient (Wildman–Crippen LogP) is 8.43. The van der Waals surface area contributed by atoms with E-state index in [-0.39, 0.29) is 0 Å². The number of hydrogen-bond acceptors (Lipinski definition) is 0. The molecule has 0 radical (unpaired) electrons. The Morgan fingerprint density at radius 2 is 1.23 bits per heavy atom. The maximum atomic E-state index is 2.49. The van der Waals surface area contributed by atoms with Gasteiger partial charge in [0, 0.05) is 0 Å². The first-order valence-corrected chi connectivity index (χ1v) is 13.3. The average Bonchev–Trinajstić information content (AvgIpc) is 3.17. The van der Waals surface area contributed by atoms with Crippen molar-refractivity contribution in [3.05, 3.63) is 54.1 Å². The van der Waals surface area contributed by atoms with E-state index < -0.39 is 0 Å². The molecule has 31 heavy (non-hydrogen) atoms. The summed E-state index contributed by atoms with van der Waals surface area (Å²) in [6.45, 7) is 9.07. The van der Waals surface area contributed by atoms with Gasteiger partial charge in [-0.25, -0.2) is 9.13 Å². The van der Waals surface area contributed by atoms with Gasteiger partial charge in [0.05, 0.1) is 12.5 Å². The van der Waals surface area contributed by atoms with E-state index in [9.17, 15) is 0 Å². The van der Waals surface area contributed by atoms with Crippen LogP contribution in [-0.4, -0.2) is 4.57 Å². The van der Waals surface area contributed by atoms with Gasteiger partial charge in [0.2, 0.25) is 0 Å². The van der Waals surface area contributed by atoms with Crippen molar-refractivity contribution in [2.24, 2.45) is 0 Å². The summed E-state index contributed by atoms with van der Waals surface area (Å²) < 4.78 is 4.93. The first-order valence-electron chi connectivity index (χ1n) is 13.3. The molecule has 1 heterocycles. The third-order valence-electron chi connectivity index (χ3n) is 6.48. The van der Waals surface area contributed by atoms with Gasteiger partial charge in [-0.2, -0.15) is 0 Å². The SMILES string of the molecule is CCCCCCCCCCCCCCCC[n+]1ccn(Cc2ccccc2)c1C(C)C. The number of aryl methyl sites for hydroxylation is 1. The van der Waals surface area contributed by atoms with E-state index in [0.29, 0.717) is 5.92 Å². The van der Waals surface area contributed by atoms with Crippen molar-refractivity contribution < 1.29 is 4.57 Å². The van der Waals surface area contributed by atoms with E-state index >= 15 is 0 Å². The Kier molecular flexibility index (Phi) is 13.4. The molecule has 0 fully saturated rings. The molecule has 0 saturated carbocycles. The molecule has 0 unspecified atom stereocenters. The average molecular weight is 426 g/mol. The van der Waals surface area contributed by atoms with Gasteiger partial charge in [-0.15, -0.1) is 0 Å². The Bertz CT molecular complexity index is 671. The Hall–Kier alpha value is -1.57. The number of unbranched alkanes of at least 4 members (excludes halogenated alkanes) is 13. The molecule has 0 saturated heterocycles. The highest BCUT2D eigenvalue weighted by molar-refractivity contribution is 5.15. The molecule has 0 atom stereocenters. The quantitative estimate of drug-likeness (QED) is 0.167. The molecule has 0 aliphatic rings. The number of aromatic nitrogens is 2. The van der Waals surface area contributed by atoms with E-state index in [0.717, 1.165) is 13.1 Å². The Labute approximate surface area is 193 Å². The van der Waals surface area contributed by atoms with E-state index in [2.05, 4.69) is 72.6 Å². The van der Waals surface area contributed by atoms with E-state index in [1.807, 2.05) is 0 Å². The predicted molar refractivity (Wildman–Crippen MR) is 135 cm³/mol. The Balaban J connectivity index is 1.55. The minimum absolute atomic E-state index is 0.547. The first kappa shape index (κ1) is 25.7. The molecule has 174 valence electrons. The lowest BCUT2D eigenvalue weighted by molar-refractivity contribution is -0.705. The van der Waals surface area contributed by atoms with Crippen molar-refractivity contribution in [2.75, 3.05) is 0 Å². The van der Waals surface area contributed by atoms with Crippen LogP contribution in [0.5, 0.6) is 0 Å². The summed E-state index contributed by atoms with van der Waals surface area (Å²) in [4.78, 5) is 0. The largest absolute Gasteiger partial charge is 0.259 e. The zero-order valence-corrected chi connectivity index (χ0v) is 20.8. The molecule has 2 heteroatoms. The standard InChI is InChI=1S/C29H49N2/c1-4-5-6-7-8-9-10-11-12-13-14-15-16-20-23-30-24-25-31(29(30)27(2)3)26-28-21-18-17-19-22-28/h17-19,21-22,24-25,27H,4-16,20,23,26H2,1-3H3/q+1. The lowest BCUT2D eigenvalue weighted by Gasteiger charge is -2.08. The molecule has 1 aromatic carbocycles. The maximum Gasteiger partial charge on any atom is 0.259 e. The van der Waals surface area contributed by atoms with Crippen LogP contribution in [0.2, 0.25) is 0 Å². The molecule has 0 N–H and O–H groups in total. The van der Waals surface area contributed by atoms with Crippen molar-refractivity contribution in [2.45, 2.75) is 130 Å². The second-order valence-corrected chi connectivity index (χ2v) is 9.71. The highest BCUT2D eigenvalue weighted by Gasteiger charge is 2.20. The second kappa shape index (κ2) is 16.1. The van der Waals surface area contributed by atoms with Gasteiger partial charge in [0.25, 0.3) is 5.82 Å². The Morgan fingerprint density at radius 1 is 0.710 bits per heavy atom. The number of benzene rings is 1. The summed E-state index contributed by atoms with van der Waals surface area (Å²) in [5, 5.41) is 0. The van der Waals surface area contributed by atoms with Gasteiger partial charge in [0.1, 0.15) is 18.9 Å². The fourth-order valence-electron chi connectivity index (χ4n) is 4.72. The van der Waals surface area contributed by atoms with Gasteiger partial charge in [0.15, 0.2) is 0 Å². The first-order chi connectivity index (χ1) is 15.2. The van der Waals surface area contributed by atoms with Crippen molar-refractivity contribution in [3.8, 4) is 0 Å². The van der Waals surface area contributed by atoms with Gasteiger partial charge in [-0.3, -0.25) is 0 Å². The van der Waals surface area contributed by atoms with Crippen LogP contribution in [0.15, 0.2) is 42.7 Å². The van der Waals surface area contributed by atoms with Gasteiger partial charge >= 0.3 is 0 Å². The molecule has 1 aromatic heterocycles. The van der Waals surface area contributed by atoms with Gasteiger partial charge in [-0.05, 0) is 18.4 Å². The number of nitrogens with zero attached hydrogens (tertiary/aromatic N) is 2. The molecule has 2 nitrogen and oxygen atoms in total.